The molecule has 3 heteroatoms. The van der Waals surface area contributed by atoms with E-state index in [1.54, 1.807) is 0 Å². The van der Waals surface area contributed by atoms with Crippen LogP contribution in [-0.4, -0.2) is 9.97 Å². The molecule has 0 N–H and O–H groups in total. The zero-order valence-electron chi connectivity index (χ0n) is 26.5. The molecule has 0 spiro atoms. The summed E-state index contributed by atoms with van der Waals surface area (Å²) in [7, 11) is 0. The standard InChI is InChI=1S/C46H28N2O/c1-2-11-29(12-3-1)32-15-8-16-33(27-32)35-25-26-42-43-36(35)18-9-19-37(43)38-20-10-21-40(45(38)49-42)46-47-41-22-7-6-17-39(41)44(48-46)34-24-23-30-13-4-5-14-31(30)28-34/h1-28H. The smallest absolute Gasteiger partial charge is 0.164 e. The van der Waals surface area contributed by atoms with Crippen LogP contribution in [0.2, 0.25) is 0 Å². The Morgan fingerprint density at radius 1 is 0.388 bits per heavy atom. The van der Waals surface area contributed by atoms with Crippen molar-refractivity contribution in [3.8, 4) is 67.5 Å². The number of hydrogen-bond acceptors (Lipinski definition) is 3. The Hall–Kier alpha value is -6.58. The third-order valence-electron chi connectivity index (χ3n) is 9.67. The fourth-order valence-corrected chi connectivity index (χ4v) is 7.33. The second kappa shape index (κ2) is 11.0. The van der Waals surface area contributed by atoms with Crippen LogP contribution in [0.25, 0.3) is 88.5 Å². The number of nitrogens with zero attached hydrogens (tertiary/aromatic N) is 2. The number of para-hydroxylation sites is 2. The topological polar surface area (TPSA) is 35.0 Å². The molecule has 0 saturated heterocycles. The summed E-state index contributed by atoms with van der Waals surface area (Å²) < 4.78 is 6.85. The highest BCUT2D eigenvalue weighted by Crippen LogP contribution is 2.51. The highest BCUT2D eigenvalue weighted by Gasteiger charge is 2.26. The quantitative estimate of drug-likeness (QED) is 0.195. The van der Waals surface area contributed by atoms with E-state index in [9.17, 15) is 0 Å². The molecule has 0 atom stereocenters. The monoisotopic (exact) mass is 624 g/mol. The lowest BCUT2D eigenvalue weighted by atomic mass is 9.89. The molecule has 0 unspecified atom stereocenters. The van der Waals surface area contributed by atoms with Crippen LogP contribution >= 0.6 is 0 Å². The minimum absolute atomic E-state index is 0.642. The van der Waals surface area contributed by atoms with E-state index in [0.29, 0.717) is 5.82 Å². The first-order valence-electron chi connectivity index (χ1n) is 16.6. The number of ether oxygens (including phenoxy) is 1. The fraction of sp³-hybridized carbons (Fsp3) is 0. The van der Waals surface area contributed by atoms with Gasteiger partial charge in [0.05, 0.1) is 16.8 Å². The van der Waals surface area contributed by atoms with Crippen LogP contribution in [0.4, 0.5) is 0 Å². The van der Waals surface area contributed by atoms with Gasteiger partial charge in [-0.05, 0) is 74.3 Å². The van der Waals surface area contributed by atoms with Crippen LogP contribution in [0, 0.1) is 0 Å². The molecule has 0 aliphatic carbocycles. The molecule has 1 aromatic heterocycles. The van der Waals surface area contributed by atoms with Gasteiger partial charge < -0.3 is 4.74 Å². The molecule has 0 bridgehead atoms. The Labute approximate surface area is 283 Å². The molecule has 8 aromatic carbocycles. The Kier molecular flexibility index (Phi) is 6.18. The SMILES string of the molecule is c1ccc(-c2cccc(-c3ccc4c5c(cccc35)-c3cccc(-c5nc(-c6ccc7ccccc7c6)c6ccccc6n5)c3O4)c2)cc1. The molecule has 49 heavy (non-hydrogen) atoms. The van der Waals surface area contributed by atoms with Crippen LogP contribution in [0.5, 0.6) is 11.5 Å². The van der Waals surface area contributed by atoms with Crippen molar-refractivity contribution in [2.75, 3.05) is 0 Å². The second-order valence-electron chi connectivity index (χ2n) is 12.5. The van der Waals surface area contributed by atoms with Gasteiger partial charge in [-0.2, -0.15) is 0 Å². The lowest BCUT2D eigenvalue weighted by molar-refractivity contribution is 0.488. The van der Waals surface area contributed by atoms with Gasteiger partial charge in [0.1, 0.15) is 11.5 Å². The minimum Gasteiger partial charge on any atom is -0.455 e. The first kappa shape index (κ1) is 27.5. The van der Waals surface area contributed by atoms with Crippen molar-refractivity contribution in [1.82, 2.24) is 9.97 Å². The normalized spacial score (nSPS) is 11.8. The van der Waals surface area contributed by atoms with Crippen LogP contribution in [0.3, 0.4) is 0 Å². The van der Waals surface area contributed by atoms with E-state index in [1.165, 1.54) is 33.0 Å². The molecule has 1 aliphatic rings. The molecule has 2 heterocycles. The lowest BCUT2D eigenvalue weighted by Crippen LogP contribution is -2.02. The molecular weight excluding hydrogens is 597 g/mol. The van der Waals surface area contributed by atoms with Crippen LogP contribution < -0.4 is 4.74 Å². The number of benzene rings is 8. The molecular formula is C46H28N2O. The van der Waals surface area contributed by atoms with Crippen molar-refractivity contribution in [3.05, 3.63) is 170 Å². The highest BCUT2D eigenvalue weighted by molar-refractivity contribution is 6.11. The van der Waals surface area contributed by atoms with Crippen molar-refractivity contribution in [3.63, 3.8) is 0 Å². The van der Waals surface area contributed by atoms with Crippen LogP contribution in [0.1, 0.15) is 0 Å². The third kappa shape index (κ3) is 4.51. The summed E-state index contributed by atoms with van der Waals surface area (Å²) in [6.07, 6.45) is 0. The van der Waals surface area contributed by atoms with Gasteiger partial charge in [0.15, 0.2) is 5.82 Å². The zero-order valence-corrected chi connectivity index (χ0v) is 26.5. The molecule has 1 aliphatic heterocycles. The van der Waals surface area contributed by atoms with Crippen molar-refractivity contribution < 1.29 is 4.74 Å². The Morgan fingerprint density at radius 3 is 2.04 bits per heavy atom. The lowest BCUT2D eigenvalue weighted by Gasteiger charge is -2.24. The molecule has 0 amide bonds. The highest BCUT2D eigenvalue weighted by atomic mass is 16.5. The van der Waals surface area contributed by atoms with Gasteiger partial charge in [-0.15, -0.1) is 0 Å². The van der Waals surface area contributed by atoms with Crippen molar-refractivity contribution >= 4 is 32.4 Å². The predicted molar refractivity (Wildman–Crippen MR) is 202 cm³/mol. The van der Waals surface area contributed by atoms with Crippen molar-refractivity contribution in [2.45, 2.75) is 0 Å². The van der Waals surface area contributed by atoms with Gasteiger partial charge >= 0.3 is 0 Å². The molecule has 10 rings (SSSR count). The molecule has 0 radical (unpaired) electrons. The van der Waals surface area contributed by atoms with E-state index in [2.05, 4.69) is 158 Å². The van der Waals surface area contributed by atoms with Gasteiger partial charge in [0, 0.05) is 21.9 Å². The van der Waals surface area contributed by atoms with E-state index in [-0.39, 0.29) is 0 Å². The molecule has 228 valence electrons. The summed E-state index contributed by atoms with van der Waals surface area (Å²) in [6.45, 7) is 0. The average Bonchev–Trinajstić information content (AvgIpc) is 3.18. The van der Waals surface area contributed by atoms with Gasteiger partial charge in [0.2, 0.25) is 0 Å². The van der Waals surface area contributed by atoms with E-state index < -0.39 is 0 Å². The third-order valence-corrected chi connectivity index (χ3v) is 9.67. The summed E-state index contributed by atoms with van der Waals surface area (Å²) in [5, 5.41) is 5.69. The Morgan fingerprint density at radius 2 is 1.10 bits per heavy atom. The fourth-order valence-electron chi connectivity index (χ4n) is 7.33. The maximum atomic E-state index is 6.85. The van der Waals surface area contributed by atoms with Gasteiger partial charge in [-0.1, -0.05) is 140 Å². The number of hydrogen-bond donors (Lipinski definition) is 0. The molecule has 0 saturated carbocycles. The van der Waals surface area contributed by atoms with E-state index in [0.717, 1.165) is 61.1 Å². The molecule has 3 nitrogen and oxygen atoms in total. The van der Waals surface area contributed by atoms with E-state index in [4.69, 9.17) is 14.7 Å². The second-order valence-corrected chi connectivity index (χ2v) is 12.5. The number of aromatic nitrogens is 2. The molecule has 9 aromatic rings. The predicted octanol–water partition coefficient (Wildman–Crippen LogP) is 12.4. The summed E-state index contributed by atoms with van der Waals surface area (Å²) in [6, 6.07) is 59.7. The first-order valence-corrected chi connectivity index (χ1v) is 16.6. The number of rotatable bonds is 4. The molecule has 0 fully saturated rings. The maximum absolute atomic E-state index is 6.85. The van der Waals surface area contributed by atoms with Crippen LogP contribution in [-0.2, 0) is 0 Å². The van der Waals surface area contributed by atoms with Crippen molar-refractivity contribution in [1.29, 1.82) is 0 Å². The zero-order chi connectivity index (χ0) is 32.3. The Bertz CT molecular complexity index is 2750. The number of fused-ring (bicyclic) bond motifs is 4. The summed E-state index contributed by atoms with van der Waals surface area (Å²) >= 11 is 0. The van der Waals surface area contributed by atoms with Gasteiger partial charge in [-0.3, -0.25) is 0 Å². The van der Waals surface area contributed by atoms with Gasteiger partial charge in [-0.25, -0.2) is 9.97 Å². The summed E-state index contributed by atoms with van der Waals surface area (Å²) in [5.41, 5.74) is 10.7. The Balaban J connectivity index is 1.13. The van der Waals surface area contributed by atoms with Crippen molar-refractivity contribution in [2.24, 2.45) is 0 Å². The minimum atomic E-state index is 0.642. The average molecular weight is 625 g/mol. The summed E-state index contributed by atoms with van der Waals surface area (Å²) in [5.74, 6) is 2.26. The van der Waals surface area contributed by atoms with Crippen LogP contribution in [0.15, 0.2) is 170 Å². The van der Waals surface area contributed by atoms with E-state index >= 15 is 0 Å². The maximum Gasteiger partial charge on any atom is 0.164 e. The van der Waals surface area contributed by atoms with Gasteiger partial charge in [0.25, 0.3) is 0 Å². The first-order chi connectivity index (χ1) is 24.3. The summed E-state index contributed by atoms with van der Waals surface area (Å²) in [4.78, 5) is 10.4. The van der Waals surface area contributed by atoms with E-state index in [1.807, 2.05) is 12.1 Å². The largest absolute Gasteiger partial charge is 0.455 e.